The average molecular weight is 304 g/mol. The van der Waals surface area contributed by atoms with E-state index in [9.17, 15) is 4.79 Å². The van der Waals surface area contributed by atoms with Gasteiger partial charge in [0.05, 0.1) is 6.61 Å². The molecule has 1 aliphatic heterocycles. The second-order valence-electron chi connectivity index (χ2n) is 4.78. The van der Waals surface area contributed by atoms with Crippen LogP contribution in [-0.2, 0) is 4.74 Å². The third-order valence-corrected chi connectivity index (χ3v) is 4.27. The highest BCUT2D eigenvalue weighted by Crippen LogP contribution is 2.40. The predicted octanol–water partition coefficient (Wildman–Crippen LogP) is 2.84. The number of hydrogen-bond acceptors (Lipinski definition) is 6. The first-order chi connectivity index (χ1) is 10.2. The lowest BCUT2D eigenvalue weighted by Crippen LogP contribution is -2.24. The largest absolute Gasteiger partial charge is 0.483 e. The van der Waals surface area contributed by atoms with Gasteiger partial charge in [-0.15, -0.1) is 11.3 Å². The van der Waals surface area contributed by atoms with Gasteiger partial charge in [-0.2, -0.15) is 0 Å². The first-order valence-electron chi connectivity index (χ1n) is 6.82. The molecule has 0 spiro atoms. The van der Waals surface area contributed by atoms with Crippen LogP contribution in [0.25, 0.3) is 0 Å². The topological polar surface area (TPSA) is 74.4 Å². The molecule has 0 bridgehead atoms. The molecular weight excluding hydrogens is 288 g/mol. The van der Waals surface area contributed by atoms with Crippen LogP contribution in [0.2, 0.25) is 0 Å². The standard InChI is InChI=1S/C15H16N2O3S/c1-2-19-15(18)11-8-21-14(17-11)13-7-10(16)9-5-3-4-6-12(9)20-13/h3-6,8,10,13H,2,7,16H2,1H3/t10-,13-/m0/s1. The van der Waals surface area contributed by atoms with Gasteiger partial charge in [0.1, 0.15) is 10.8 Å². The van der Waals surface area contributed by atoms with Gasteiger partial charge in [-0.1, -0.05) is 18.2 Å². The summed E-state index contributed by atoms with van der Waals surface area (Å²) in [5, 5.41) is 2.45. The molecule has 1 aliphatic rings. The smallest absolute Gasteiger partial charge is 0.357 e. The van der Waals surface area contributed by atoms with E-state index in [0.29, 0.717) is 18.7 Å². The molecule has 2 aromatic rings. The Balaban J connectivity index is 1.81. The van der Waals surface area contributed by atoms with Crippen LogP contribution < -0.4 is 10.5 Å². The van der Waals surface area contributed by atoms with E-state index in [2.05, 4.69) is 4.98 Å². The van der Waals surface area contributed by atoms with Crippen molar-refractivity contribution in [3.8, 4) is 5.75 Å². The minimum Gasteiger partial charge on any atom is -0.483 e. The number of benzene rings is 1. The number of nitrogens with two attached hydrogens (primary N) is 1. The number of aromatic nitrogens is 1. The van der Waals surface area contributed by atoms with Gasteiger partial charge in [-0.3, -0.25) is 0 Å². The zero-order valence-corrected chi connectivity index (χ0v) is 12.4. The van der Waals surface area contributed by atoms with Crippen molar-refractivity contribution in [1.29, 1.82) is 0 Å². The number of thiazole rings is 1. The molecule has 0 saturated heterocycles. The molecule has 1 aromatic carbocycles. The van der Waals surface area contributed by atoms with Gasteiger partial charge >= 0.3 is 5.97 Å². The number of hydrogen-bond donors (Lipinski definition) is 1. The monoisotopic (exact) mass is 304 g/mol. The van der Waals surface area contributed by atoms with Crippen LogP contribution in [-0.4, -0.2) is 17.6 Å². The summed E-state index contributed by atoms with van der Waals surface area (Å²) in [6, 6.07) is 7.66. The fraction of sp³-hybridized carbons (Fsp3) is 0.333. The molecule has 21 heavy (non-hydrogen) atoms. The van der Waals surface area contributed by atoms with Crippen molar-refractivity contribution < 1.29 is 14.3 Å². The van der Waals surface area contributed by atoms with E-state index < -0.39 is 5.97 Å². The first-order valence-corrected chi connectivity index (χ1v) is 7.70. The zero-order valence-electron chi connectivity index (χ0n) is 11.6. The molecule has 0 radical (unpaired) electrons. The summed E-state index contributed by atoms with van der Waals surface area (Å²) < 4.78 is 10.9. The number of para-hydroxylation sites is 1. The van der Waals surface area contributed by atoms with Crippen molar-refractivity contribution in [2.75, 3.05) is 6.61 Å². The van der Waals surface area contributed by atoms with Gasteiger partial charge in [-0.05, 0) is 13.0 Å². The first kappa shape index (κ1) is 14.0. The average Bonchev–Trinajstić information content (AvgIpc) is 2.97. The highest BCUT2D eigenvalue weighted by molar-refractivity contribution is 7.09. The van der Waals surface area contributed by atoms with Gasteiger partial charge in [-0.25, -0.2) is 9.78 Å². The van der Waals surface area contributed by atoms with E-state index >= 15 is 0 Å². The molecule has 2 heterocycles. The molecular formula is C15H16N2O3S. The summed E-state index contributed by atoms with van der Waals surface area (Å²) in [4.78, 5) is 16.0. The minimum absolute atomic E-state index is 0.0881. The minimum atomic E-state index is -0.402. The molecule has 0 fully saturated rings. The number of carbonyl (C=O) groups is 1. The highest BCUT2D eigenvalue weighted by atomic mass is 32.1. The molecule has 1 aromatic heterocycles. The third kappa shape index (κ3) is 2.77. The molecule has 0 amide bonds. The van der Waals surface area contributed by atoms with Crippen molar-refractivity contribution in [2.24, 2.45) is 5.73 Å². The van der Waals surface area contributed by atoms with E-state index in [0.717, 1.165) is 16.3 Å². The van der Waals surface area contributed by atoms with Gasteiger partial charge < -0.3 is 15.2 Å². The zero-order chi connectivity index (χ0) is 14.8. The summed E-state index contributed by atoms with van der Waals surface area (Å²) in [7, 11) is 0. The lowest BCUT2D eigenvalue weighted by Gasteiger charge is -2.28. The molecule has 0 unspecified atom stereocenters. The Hall–Kier alpha value is -1.92. The molecule has 0 saturated carbocycles. The summed E-state index contributed by atoms with van der Waals surface area (Å²) in [6.07, 6.45) is 0.426. The summed E-state index contributed by atoms with van der Waals surface area (Å²) in [6.45, 7) is 2.11. The van der Waals surface area contributed by atoms with Crippen molar-refractivity contribution in [1.82, 2.24) is 4.98 Å². The second kappa shape index (κ2) is 5.83. The Kier molecular flexibility index (Phi) is 3.90. The molecule has 6 heteroatoms. The van der Waals surface area contributed by atoms with Gasteiger partial charge in [0.25, 0.3) is 0 Å². The van der Waals surface area contributed by atoms with Crippen LogP contribution in [0, 0.1) is 0 Å². The Labute approximate surface area is 126 Å². The van der Waals surface area contributed by atoms with Crippen molar-refractivity contribution in [3.05, 3.63) is 45.9 Å². The Bertz CT molecular complexity index is 656. The van der Waals surface area contributed by atoms with E-state index in [1.165, 1.54) is 11.3 Å². The quantitative estimate of drug-likeness (QED) is 0.883. The fourth-order valence-electron chi connectivity index (χ4n) is 2.34. The number of rotatable bonds is 3. The number of fused-ring (bicyclic) bond motifs is 1. The maximum atomic E-state index is 11.7. The van der Waals surface area contributed by atoms with Gasteiger partial charge in [0, 0.05) is 23.4 Å². The van der Waals surface area contributed by atoms with Gasteiger partial charge in [0.15, 0.2) is 11.8 Å². The van der Waals surface area contributed by atoms with Gasteiger partial charge in [0.2, 0.25) is 0 Å². The lowest BCUT2D eigenvalue weighted by molar-refractivity contribution is 0.0519. The SMILES string of the molecule is CCOC(=O)c1csc([C@@H]2C[C@H](N)c3ccccc3O2)n1. The van der Waals surface area contributed by atoms with E-state index in [-0.39, 0.29) is 12.1 Å². The van der Waals surface area contributed by atoms with Crippen LogP contribution in [0.3, 0.4) is 0 Å². The molecule has 3 rings (SSSR count). The van der Waals surface area contributed by atoms with Crippen LogP contribution in [0.1, 0.15) is 46.5 Å². The molecule has 2 atom stereocenters. The maximum Gasteiger partial charge on any atom is 0.357 e. The molecule has 0 aliphatic carbocycles. The summed E-state index contributed by atoms with van der Waals surface area (Å²) in [5.74, 6) is 0.384. The lowest BCUT2D eigenvalue weighted by atomic mass is 9.97. The Morgan fingerprint density at radius 2 is 2.33 bits per heavy atom. The molecule has 2 N–H and O–H groups in total. The van der Waals surface area contributed by atoms with Crippen LogP contribution in [0.15, 0.2) is 29.6 Å². The highest BCUT2D eigenvalue weighted by Gasteiger charge is 2.29. The van der Waals surface area contributed by atoms with Crippen LogP contribution >= 0.6 is 11.3 Å². The summed E-state index contributed by atoms with van der Waals surface area (Å²) in [5.41, 5.74) is 7.53. The van der Waals surface area contributed by atoms with Crippen molar-refractivity contribution in [2.45, 2.75) is 25.5 Å². The molecule has 110 valence electrons. The number of nitrogens with zero attached hydrogens (tertiary/aromatic N) is 1. The number of ether oxygens (including phenoxy) is 2. The van der Waals surface area contributed by atoms with Crippen molar-refractivity contribution in [3.63, 3.8) is 0 Å². The molecule has 5 nitrogen and oxygen atoms in total. The van der Waals surface area contributed by atoms with E-state index in [1.54, 1.807) is 12.3 Å². The second-order valence-corrected chi connectivity index (χ2v) is 5.67. The normalized spacial score (nSPS) is 20.5. The van der Waals surface area contributed by atoms with Crippen LogP contribution in [0.5, 0.6) is 5.75 Å². The Morgan fingerprint density at radius 3 is 3.14 bits per heavy atom. The fourth-order valence-corrected chi connectivity index (χ4v) is 3.17. The third-order valence-electron chi connectivity index (χ3n) is 3.34. The van der Waals surface area contributed by atoms with Crippen LogP contribution in [0.4, 0.5) is 0 Å². The predicted molar refractivity (Wildman–Crippen MR) is 79.4 cm³/mol. The van der Waals surface area contributed by atoms with Crippen molar-refractivity contribution >= 4 is 17.3 Å². The summed E-state index contributed by atoms with van der Waals surface area (Å²) >= 11 is 1.39. The Morgan fingerprint density at radius 1 is 1.52 bits per heavy atom. The number of esters is 1. The van der Waals surface area contributed by atoms with E-state index in [1.807, 2.05) is 24.3 Å². The maximum absolute atomic E-state index is 11.7. The number of carbonyl (C=O) groups excluding carboxylic acids is 1. The van der Waals surface area contributed by atoms with E-state index in [4.69, 9.17) is 15.2 Å².